The van der Waals surface area contributed by atoms with E-state index < -0.39 is 5.82 Å². The third-order valence-electron chi connectivity index (χ3n) is 5.11. The van der Waals surface area contributed by atoms with Crippen molar-refractivity contribution in [3.05, 3.63) is 63.9 Å². The van der Waals surface area contributed by atoms with Crippen molar-refractivity contribution in [1.82, 2.24) is 10.6 Å². The van der Waals surface area contributed by atoms with Crippen molar-refractivity contribution in [2.75, 3.05) is 13.2 Å². The molecule has 30 heavy (non-hydrogen) atoms. The first kappa shape index (κ1) is 22.4. The van der Waals surface area contributed by atoms with Crippen molar-refractivity contribution in [1.29, 1.82) is 0 Å². The van der Waals surface area contributed by atoms with Gasteiger partial charge < -0.3 is 15.4 Å². The van der Waals surface area contributed by atoms with E-state index in [1.165, 1.54) is 12.1 Å². The predicted octanol–water partition coefficient (Wildman–Crippen LogP) is 4.62. The summed E-state index contributed by atoms with van der Waals surface area (Å²) < 4.78 is 18.7. The molecule has 1 aliphatic carbocycles. The lowest BCUT2D eigenvalue weighted by atomic mass is 9.86. The Labute approximate surface area is 184 Å². The molecule has 0 bridgehead atoms. The van der Waals surface area contributed by atoms with Crippen molar-refractivity contribution in [2.24, 2.45) is 5.92 Å². The fourth-order valence-electron chi connectivity index (χ4n) is 3.46. The Bertz CT molecular complexity index is 902. The molecule has 1 fully saturated rings. The van der Waals surface area contributed by atoms with Crippen molar-refractivity contribution in [2.45, 2.75) is 31.7 Å². The Morgan fingerprint density at radius 3 is 2.53 bits per heavy atom. The highest BCUT2D eigenvalue weighted by Crippen LogP contribution is 2.24. The molecule has 3 rings (SSSR count). The van der Waals surface area contributed by atoms with Gasteiger partial charge in [-0.05, 0) is 61.9 Å². The fraction of sp³-hybridized carbons (Fsp3) is 0.364. The van der Waals surface area contributed by atoms with Gasteiger partial charge in [0.05, 0.1) is 5.02 Å². The number of halogens is 3. The summed E-state index contributed by atoms with van der Waals surface area (Å²) in [6, 6.07) is 11.0. The summed E-state index contributed by atoms with van der Waals surface area (Å²) in [5.41, 5.74) is 0.545. The van der Waals surface area contributed by atoms with Gasteiger partial charge in [0.25, 0.3) is 11.8 Å². The summed E-state index contributed by atoms with van der Waals surface area (Å²) in [6.45, 7) is 0.411. The third kappa shape index (κ3) is 6.61. The zero-order chi connectivity index (χ0) is 21.5. The zero-order valence-electron chi connectivity index (χ0n) is 16.3. The molecular formula is C22H23Cl2FN2O3. The Morgan fingerprint density at radius 1 is 1.07 bits per heavy atom. The van der Waals surface area contributed by atoms with E-state index in [-0.39, 0.29) is 35.2 Å². The Hall–Kier alpha value is -2.31. The first-order valence-electron chi connectivity index (χ1n) is 9.81. The van der Waals surface area contributed by atoms with Gasteiger partial charge in [0.1, 0.15) is 11.6 Å². The van der Waals surface area contributed by atoms with E-state index in [0.717, 1.165) is 31.7 Å². The molecule has 0 aliphatic heterocycles. The molecule has 2 amide bonds. The number of hydrogen-bond donors (Lipinski definition) is 2. The van der Waals surface area contributed by atoms with Crippen LogP contribution in [0.2, 0.25) is 10.0 Å². The molecule has 8 heteroatoms. The van der Waals surface area contributed by atoms with E-state index in [1.807, 2.05) is 0 Å². The number of carbonyl (C=O) groups excluding carboxylic acids is 2. The molecule has 2 aromatic rings. The molecule has 0 saturated heterocycles. The van der Waals surface area contributed by atoms with Crippen LogP contribution >= 0.6 is 23.2 Å². The lowest BCUT2D eigenvalue weighted by Gasteiger charge is -2.29. The van der Waals surface area contributed by atoms with E-state index in [4.69, 9.17) is 27.9 Å². The van der Waals surface area contributed by atoms with Crippen LogP contribution < -0.4 is 15.4 Å². The highest BCUT2D eigenvalue weighted by molar-refractivity contribution is 6.31. The number of amides is 2. The summed E-state index contributed by atoms with van der Waals surface area (Å²) in [5.74, 6) is -0.345. The maximum absolute atomic E-state index is 13.4. The number of carbonyl (C=O) groups is 2. The van der Waals surface area contributed by atoms with Gasteiger partial charge in [0.15, 0.2) is 6.61 Å². The number of benzene rings is 2. The van der Waals surface area contributed by atoms with Crippen molar-refractivity contribution in [3.63, 3.8) is 0 Å². The van der Waals surface area contributed by atoms with Crippen LogP contribution in [0.5, 0.6) is 5.75 Å². The van der Waals surface area contributed by atoms with Crippen LogP contribution in [0.3, 0.4) is 0 Å². The van der Waals surface area contributed by atoms with Gasteiger partial charge in [0, 0.05) is 29.2 Å². The lowest BCUT2D eigenvalue weighted by Crippen LogP contribution is -2.41. The van der Waals surface area contributed by atoms with Crippen molar-refractivity contribution < 1.29 is 18.7 Å². The molecule has 160 valence electrons. The van der Waals surface area contributed by atoms with E-state index in [1.54, 1.807) is 24.3 Å². The summed E-state index contributed by atoms with van der Waals surface area (Å²) in [6.07, 6.45) is 3.48. The molecule has 0 atom stereocenters. The van der Waals surface area contributed by atoms with Crippen molar-refractivity contribution in [3.8, 4) is 5.75 Å². The minimum absolute atomic E-state index is 0.00678. The highest BCUT2D eigenvalue weighted by atomic mass is 35.5. The molecule has 1 aliphatic rings. The van der Waals surface area contributed by atoms with Crippen LogP contribution in [0.1, 0.15) is 36.0 Å². The smallest absolute Gasteiger partial charge is 0.258 e. The third-order valence-corrected chi connectivity index (χ3v) is 5.65. The van der Waals surface area contributed by atoms with E-state index in [2.05, 4.69) is 10.6 Å². The molecule has 2 N–H and O–H groups in total. The highest BCUT2D eigenvalue weighted by Gasteiger charge is 2.23. The predicted molar refractivity (Wildman–Crippen MR) is 115 cm³/mol. The average Bonchev–Trinajstić information content (AvgIpc) is 2.74. The standard InChI is InChI=1S/C22H23Cl2FN2O3/c23-16-3-1-2-15(10-16)22(29)26-12-14-4-6-17(7-5-14)27-21(28)13-30-18-8-9-19(24)20(25)11-18/h1-3,8-11,14,17H,4-7,12-13H2,(H,26,29)(H,27,28). The molecule has 0 radical (unpaired) electrons. The summed E-state index contributed by atoms with van der Waals surface area (Å²) in [7, 11) is 0. The monoisotopic (exact) mass is 452 g/mol. The average molecular weight is 453 g/mol. The van der Waals surface area contributed by atoms with E-state index >= 15 is 0 Å². The normalized spacial score (nSPS) is 18.5. The number of hydrogen-bond acceptors (Lipinski definition) is 3. The number of ether oxygens (including phenoxy) is 1. The van der Waals surface area contributed by atoms with Gasteiger partial charge in [-0.1, -0.05) is 29.3 Å². The van der Waals surface area contributed by atoms with Crippen LogP contribution in [-0.2, 0) is 4.79 Å². The maximum atomic E-state index is 13.4. The summed E-state index contributed by atoms with van der Waals surface area (Å²) >= 11 is 11.5. The largest absolute Gasteiger partial charge is 0.484 e. The minimum atomic E-state index is -0.588. The van der Waals surface area contributed by atoms with Gasteiger partial charge >= 0.3 is 0 Å². The van der Waals surface area contributed by atoms with Gasteiger partial charge in [-0.15, -0.1) is 0 Å². The van der Waals surface area contributed by atoms with Crippen LogP contribution in [0.4, 0.5) is 4.39 Å². The quantitative estimate of drug-likeness (QED) is 0.643. The zero-order valence-corrected chi connectivity index (χ0v) is 17.8. The van der Waals surface area contributed by atoms with Crippen LogP contribution in [0, 0.1) is 11.7 Å². The van der Waals surface area contributed by atoms with Crippen LogP contribution in [0.25, 0.3) is 0 Å². The summed E-state index contributed by atoms with van der Waals surface area (Å²) in [4.78, 5) is 24.3. The molecule has 0 unspecified atom stereocenters. The minimum Gasteiger partial charge on any atom is -0.484 e. The van der Waals surface area contributed by atoms with Gasteiger partial charge in [-0.25, -0.2) is 4.39 Å². The molecular weight excluding hydrogens is 430 g/mol. The van der Waals surface area contributed by atoms with Crippen molar-refractivity contribution >= 4 is 35.0 Å². The fourth-order valence-corrected chi connectivity index (χ4v) is 3.77. The summed E-state index contributed by atoms with van der Waals surface area (Å²) in [5, 5.41) is 6.44. The molecule has 0 heterocycles. The Kier molecular flexibility index (Phi) is 7.94. The first-order valence-corrected chi connectivity index (χ1v) is 10.6. The topological polar surface area (TPSA) is 67.4 Å². The van der Waals surface area contributed by atoms with Gasteiger partial charge in [-0.2, -0.15) is 0 Å². The second-order valence-corrected chi connectivity index (χ2v) is 8.21. The Morgan fingerprint density at radius 2 is 1.83 bits per heavy atom. The lowest BCUT2D eigenvalue weighted by molar-refractivity contribution is -0.124. The number of nitrogens with one attached hydrogen (secondary N) is 2. The molecule has 1 saturated carbocycles. The van der Waals surface area contributed by atoms with Gasteiger partial charge in [0.2, 0.25) is 0 Å². The maximum Gasteiger partial charge on any atom is 0.258 e. The van der Waals surface area contributed by atoms with Crippen LogP contribution in [0.15, 0.2) is 42.5 Å². The van der Waals surface area contributed by atoms with E-state index in [9.17, 15) is 14.0 Å². The SMILES string of the molecule is O=C(COc1ccc(Cl)c(F)c1)NC1CCC(CNC(=O)c2cccc(Cl)c2)CC1. The molecule has 5 nitrogen and oxygen atoms in total. The second-order valence-electron chi connectivity index (χ2n) is 7.37. The molecule has 0 spiro atoms. The molecule has 2 aromatic carbocycles. The first-order chi connectivity index (χ1) is 14.4. The van der Waals surface area contributed by atoms with Crippen LogP contribution in [-0.4, -0.2) is 31.0 Å². The molecule has 0 aromatic heterocycles. The second kappa shape index (κ2) is 10.6. The Balaban J connectivity index is 1.35. The van der Waals surface area contributed by atoms with E-state index in [0.29, 0.717) is 23.0 Å². The number of rotatable bonds is 7. The van der Waals surface area contributed by atoms with Gasteiger partial charge in [-0.3, -0.25) is 9.59 Å².